The zero-order valence-electron chi connectivity index (χ0n) is 27.4. The molecule has 0 radical (unpaired) electrons. The maximum absolute atomic E-state index is 12.0. The van der Waals surface area contributed by atoms with Crippen molar-refractivity contribution in [2.75, 3.05) is 13.2 Å². The predicted molar refractivity (Wildman–Crippen MR) is 200 cm³/mol. The lowest BCUT2D eigenvalue weighted by Crippen LogP contribution is -2.08. The van der Waals surface area contributed by atoms with Crippen molar-refractivity contribution in [3.63, 3.8) is 0 Å². The van der Waals surface area contributed by atoms with Crippen LogP contribution in [0.1, 0.15) is 48.1 Å². The molecule has 0 aliphatic rings. The number of rotatable bonds is 10. The van der Waals surface area contributed by atoms with Gasteiger partial charge in [-0.2, -0.15) is 8.42 Å². The second kappa shape index (κ2) is 26.4. The molecule has 0 fully saturated rings. The molecule has 8 nitrogen and oxygen atoms in total. The second-order valence-electron chi connectivity index (χ2n) is 10.00. The Bertz CT molecular complexity index is 1660. The molecule has 11 heteroatoms. The van der Waals surface area contributed by atoms with Crippen molar-refractivity contribution in [3.8, 4) is 0 Å². The average molecular weight is 722 g/mol. The number of halogens is 1. The van der Waals surface area contributed by atoms with Gasteiger partial charge in [-0.25, -0.2) is 8.42 Å². The fourth-order valence-electron chi connectivity index (χ4n) is 3.71. The van der Waals surface area contributed by atoms with Gasteiger partial charge < -0.3 is 16.7 Å². The first-order valence-electron chi connectivity index (χ1n) is 14.3. The molecule has 0 bridgehead atoms. The number of aryl methyl sites for hydroxylation is 5. The van der Waals surface area contributed by atoms with Gasteiger partial charge in [-0.15, -0.1) is 5.73 Å². The van der Waals surface area contributed by atoms with Crippen molar-refractivity contribution in [2.45, 2.75) is 63.7 Å². The molecule has 0 aliphatic carbocycles. The summed E-state index contributed by atoms with van der Waals surface area (Å²) in [6.07, 6.45) is 3.33. The largest absolute Gasteiger partial charge is 0.412 e. The molecule has 0 aliphatic heterocycles. The van der Waals surface area contributed by atoms with Crippen molar-refractivity contribution >= 4 is 29.9 Å². The lowest BCUT2D eigenvalue weighted by atomic mass is 10.1. The number of aliphatic hydroxyl groups is 1. The number of hydrogen-bond donors (Lipinski definition) is 2. The Balaban J connectivity index is -0.000000639. The third-order valence-electron chi connectivity index (χ3n) is 6.01. The van der Waals surface area contributed by atoms with E-state index in [4.69, 9.17) is 20.0 Å². The molecule has 48 heavy (non-hydrogen) atoms. The third-order valence-corrected chi connectivity index (χ3v) is 8.71. The highest BCUT2D eigenvalue weighted by Crippen LogP contribution is 2.15. The van der Waals surface area contributed by atoms with Crippen LogP contribution in [0.15, 0.2) is 132 Å². The van der Waals surface area contributed by atoms with E-state index in [1.807, 2.05) is 57.2 Å². The van der Waals surface area contributed by atoms with Crippen LogP contribution >= 0.6 is 10.7 Å². The lowest BCUT2D eigenvalue weighted by molar-refractivity contribution is 0.288. The minimum Gasteiger partial charge on any atom is -0.412 e. The Labute approximate surface area is 293 Å². The summed E-state index contributed by atoms with van der Waals surface area (Å²) in [4.78, 5) is 0.355. The van der Waals surface area contributed by atoms with Crippen LogP contribution in [-0.4, -0.2) is 40.6 Å². The Hall–Kier alpha value is -3.57. The van der Waals surface area contributed by atoms with Gasteiger partial charge in [0, 0.05) is 17.3 Å². The van der Waals surface area contributed by atoms with E-state index in [0.717, 1.165) is 30.4 Å². The van der Waals surface area contributed by atoms with Crippen LogP contribution in [-0.2, 0) is 36.2 Å². The summed E-state index contributed by atoms with van der Waals surface area (Å²) in [7, 11) is -2.10. The summed E-state index contributed by atoms with van der Waals surface area (Å²) in [6, 6.07) is 31.5. The fraction of sp³-hybridized carbons (Fsp3) is 0.270. The Morgan fingerprint density at radius 1 is 0.688 bits per heavy atom. The van der Waals surface area contributed by atoms with Crippen molar-refractivity contribution in [1.29, 1.82) is 0 Å². The van der Waals surface area contributed by atoms with Gasteiger partial charge in [-0.05, 0) is 81.8 Å². The highest BCUT2D eigenvalue weighted by Gasteiger charge is 2.14. The van der Waals surface area contributed by atoms with Crippen LogP contribution in [0.4, 0.5) is 0 Å². The first kappa shape index (κ1) is 48.8. The normalized spacial score (nSPS) is 9.85. The van der Waals surface area contributed by atoms with Gasteiger partial charge >= 0.3 is 0 Å². The van der Waals surface area contributed by atoms with Crippen LogP contribution < -0.4 is 6.15 Å². The van der Waals surface area contributed by atoms with Gasteiger partial charge in [0.25, 0.3) is 19.2 Å². The summed E-state index contributed by atoms with van der Waals surface area (Å²) >= 11 is 0. The summed E-state index contributed by atoms with van der Waals surface area (Å²) in [5, 5.41) is 8.53. The van der Waals surface area contributed by atoms with Gasteiger partial charge in [0.15, 0.2) is 0 Å². The molecule has 266 valence electrons. The van der Waals surface area contributed by atoms with Crippen molar-refractivity contribution in [3.05, 3.63) is 150 Å². The molecule has 0 heterocycles. The maximum atomic E-state index is 12.0. The van der Waals surface area contributed by atoms with Crippen LogP contribution in [0.2, 0.25) is 0 Å². The molecule has 0 atom stereocenters. The van der Waals surface area contributed by atoms with E-state index in [-0.39, 0.29) is 42.1 Å². The lowest BCUT2D eigenvalue weighted by Gasteiger charge is -2.06. The average Bonchev–Trinajstić information content (AvgIpc) is 3.00. The van der Waals surface area contributed by atoms with Crippen molar-refractivity contribution in [1.82, 2.24) is 6.15 Å². The zero-order valence-corrected chi connectivity index (χ0v) is 29.8. The summed E-state index contributed by atoms with van der Waals surface area (Å²) in [5.74, 6) is 0. The summed E-state index contributed by atoms with van der Waals surface area (Å²) in [6.45, 7) is 12.6. The van der Waals surface area contributed by atoms with Crippen LogP contribution in [0.3, 0.4) is 0 Å². The molecular weight excluding hydrogens is 670 g/mol. The van der Waals surface area contributed by atoms with Crippen LogP contribution in [0.25, 0.3) is 0 Å². The van der Waals surface area contributed by atoms with Gasteiger partial charge in [0.2, 0.25) is 0 Å². The molecule has 4 aromatic carbocycles. The number of benzene rings is 4. The molecule has 0 amide bonds. The van der Waals surface area contributed by atoms with E-state index < -0.39 is 19.2 Å². The van der Waals surface area contributed by atoms with E-state index >= 15 is 0 Å². The van der Waals surface area contributed by atoms with E-state index in [1.165, 1.54) is 28.8 Å². The van der Waals surface area contributed by atoms with Gasteiger partial charge in [0.05, 0.1) is 16.4 Å². The van der Waals surface area contributed by atoms with Crippen LogP contribution in [0.5, 0.6) is 0 Å². The smallest absolute Gasteiger partial charge is 0.296 e. The Morgan fingerprint density at radius 3 is 1.60 bits per heavy atom. The Kier molecular flexibility index (Phi) is 26.8. The monoisotopic (exact) mass is 721 g/mol. The van der Waals surface area contributed by atoms with Crippen LogP contribution in [0, 0.1) is 20.8 Å². The third kappa shape index (κ3) is 21.3. The minimum atomic E-state index is -3.64. The molecule has 4 rings (SSSR count). The predicted octanol–water partition coefficient (Wildman–Crippen LogP) is 8.11. The first-order valence-corrected chi connectivity index (χ1v) is 18.0. The fourth-order valence-corrected chi connectivity index (χ4v) is 5.43. The molecule has 0 spiro atoms. The molecule has 0 saturated heterocycles. The standard InChI is InChI=1S/C17H20O3S.C9H12O.C7H7ClO2S.C3H4.CH4.H3N.H2O/c1-14-8-10-17(11-9-14)21(18,19)20-12-4-7-16-6-3-5-15(2)13-16;10-8-4-7-9-5-2-1-3-6-9;1-6-2-4-7(5-3-6)11(8,9)10;1-3-2;;;/h3,5-6,8-11,13H,4,7,12H2,1-2H3;1-3,5-6,10H,4,7-8H2;2-5H,1H3;1-2H2;1H4;1H3;1H2. The SMILES string of the molecule is C.C=C=C.Cc1ccc(S(=O)(=O)Cl)cc1.Cc1ccc(S(=O)(=O)OCCCc2cccc(C)c2)cc1.N.O.OCCCc1ccccc1. The number of aliphatic hydroxyl groups excluding tert-OH is 1. The molecular formula is C37H52ClNO7S2. The second-order valence-corrected chi connectivity index (χ2v) is 14.2. The molecule has 0 aromatic heterocycles. The zero-order chi connectivity index (χ0) is 33.7. The highest BCUT2D eigenvalue weighted by atomic mass is 35.7. The van der Waals surface area contributed by atoms with E-state index in [0.29, 0.717) is 6.42 Å². The first-order chi connectivity index (χ1) is 21.3. The maximum Gasteiger partial charge on any atom is 0.296 e. The molecule has 6 N–H and O–H groups in total. The minimum absolute atomic E-state index is 0. The van der Waals surface area contributed by atoms with Gasteiger partial charge in [0.1, 0.15) is 0 Å². The van der Waals surface area contributed by atoms with Crippen molar-refractivity contribution in [2.24, 2.45) is 0 Å². The summed E-state index contributed by atoms with van der Waals surface area (Å²) in [5.41, 5.74) is 7.99. The topological polar surface area (TPSA) is 164 Å². The van der Waals surface area contributed by atoms with Crippen molar-refractivity contribution < 1.29 is 31.6 Å². The van der Waals surface area contributed by atoms with Gasteiger partial charge in [-0.3, -0.25) is 4.18 Å². The highest BCUT2D eigenvalue weighted by molar-refractivity contribution is 8.13. The Morgan fingerprint density at radius 2 is 1.15 bits per heavy atom. The van der Waals surface area contributed by atoms with Gasteiger partial charge in [-0.1, -0.05) is 116 Å². The quantitative estimate of drug-likeness (QED) is 0.0723. The number of hydrogen-bond acceptors (Lipinski definition) is 7. The molecule has 0 saturated carbocycles. The van der Waals surface area contributed by atoms with E-state index in [9.17, 15) is 16.8 Å². The molecule has 0 unspecified atom stereocenters. The summed E-state index contributed by atoms with van der Waals surface area (Å²) < 4.78 is 50.5. The molecule has 4 aromatic rings. The van der Waals surface area contributed by atoms with E-state index in [1.54, 1.807) is 36.4 Å². The van der Waals surface area contributed by atoms with E-state index in [2.05, 4.69) is 37.1 Å².